The number of rotatable bonds is 4. The molecule has 0 aliphatic heterocycles. The van der Waals surface area contributed by atoms with Crippen molar-refractivity contribution in [3.05, 3.63) is 63.6 Å². The van der Waals surface area contributed by atoms with E-state index >= 15 is 0 Å². The molecule has 0 saturated heterocycles. The van der Waals surface area contributed by atoms with E-state index in [-0.39, 0.29) is 0 Å². The topological polar surface area (TPSA) is 35.5 Å². The number of hydrogen-bond acceptors (Lipinski definition) is 3. The van der Waals surface area contributed by atoms with Gasteiger partial charge in [0.25, 0.3) is 0 Å². The molecule has 20 heavy (non-hydrogen) atoms. The lowest BCUT2D eigenvalue weighted by atomic mass is 10.2. The van der Waals surface area contributed by atoms with Gasteiger partial charge in [0.05, 0.1) is 22.7 Å². The Balaban J connectivity index is 2.07. The number of ether oxygens (including phenoxy) is 2. The number of esters is 1. The van der Waals surface area contributed by atoms with E-state index in [4.69, 9.17) is 27.9 Å². The molecule has 2 aromatic carbocycles. The summed E-state index contributed by atoms with van der Waals surface area (Å²) in [6.07, 6.45) is 0. The Morgan fingerprint density at radius 3 is 2.60 bits per heavy atom. The molecule has 5 heteroatoms. The SMILES string of the molecule is COC(=O)c1cccc(OCc2ccc(Cl)c(Cl)c2)c1. The molecule has 0 aliphatic carbocycles. The number of hydrogen-bond donors (Lipinski definition) is 0. The summed E-state index contributed by atoms with van der Waals surface area (Å²) in [6, 6.07) is 12.1. The van der Waals surface area contributed by atoms with Crippen molar-refractivity contribution in [2.45, 2.75) is 6.61 Å². The van der Waals surface area contributed by atoms with E-state index in [1.54, 1.807) is 36.4 Å². The van der Waals surface area contributed by atoms with Gasteiger partial charge in [-0.25, -0.2) is 4.79 Å². The quantitative estimate of drug-likeness (QED) is 0.787. The van der Waals surface area contributed by atoms with Crippen LogP contribution in [0.3, 0.4) is 0 Å². The molecule has 0 aliphatic rings. The molecule has 0 fully saturated rings. The number of carbonyl (C=O) groups is 1. The minimum absolute atomic E-state index is 0.335. The average Bonchev–Trinajstić information content (AvgIpc) is 2.48. The summed E-state index contributed by atoms with van der Waals surface area (Å²) >= 11 is 11.8. The molecular weight excluding hydrogens is 299 g/mol. The maximum atomic E-state index is 11.4. The highest BCUT2D eigenvalue weighted by Gasteiger charge is 2.06. The maximum absolute atomic E-state index is 11.4. The van der Waals surface area contributed by atoms with Crippen molar-refractivity contribution >= 4 is 29.2 Å². The first-order valence-electron chi connectivity index (χ1n) is 5.85. The lowest BCUT2D eigenvalue weighted by Gasteiger charge is -2.08. The van der Waals surface area contributed by atoms with Gasteiger partial charge in [-0.3, -0.25) is 0 Å². The lowest BCUT2D eigenvalue weighted by molar-refractivity contribution is 0.0600. The van der Waals surface area contributed by atoms with Crippen LogP contribution in [0.15, 0.2) is 42.5 Å². The predicted octanol–water partition coefficient (Wildman–Crippen LogP) is 4.36. The molecule has 0 unspecified atom stereocenters. The Kier molecular flexibility index (Phi) is 4.88. The summed E-state index contributed by atoms with van der Waals surface area (Å²) in [7, 11) is 1.34. The van der Waals surface area contributed by atoms with Gasteiger partial charge in [0.1, 0.15) is 12.4 Å². The fourth-order valence-electron chi connectivity index (χ4n) is 1.63. The van der Waals surface area contributed by atoms with Gasteiger partial charge in [-0.1, -0.05) is 35.3 Å². The zero-order valence-electron chi connectivity index (χ0n) is 10.7. The van der Waals surface area contributed by atoms with Crippen LogP contribution in [0.1, 0.15) is 15.9 Å². The molecule has 0 N–H and O–H groups in total. The van der Waals surface area contributed by atoms with Crippen molar-refractivity contribution in [3.63, 3.8) is 0 Å². The van der Waals surface area contributed by atoms with E-state index in [0.717, 1.165) is 5.56 Å². The number of halogens is 2. The Labute approximate surface area is 127 Å². The molecule has 0 amide bonds. The van der Waals surface area contributed by atoms with E-state index in [2.05, 4.69) is 4.74 Å². The van der Waals surface area contributed by atoms with Crippen molar-refractivity contribution in [2.24, 2.45) is 0 Å². The summed E-state index contributed by atoms with van der Waals surface area (Å²) in [5.41, 5.74) is 1.34. The fourth-order valence-corrected chi connectivity index (χ4v) is 1.95. The van der Waals surface area contributed by atoms with Gasteiger partial charge in [0.2, 0.25) is 0 Å². The van der Waals surface area contributed by atoms with Crippen LogP contribution in [-0.4, -0.2) is 13.1 Å². The van der Waals surface area contributed by atoms with Crippen molar-refractivity contribution in [1.82, 2.24) is 0 Å². The third-order valence-corrected chi connectivity index (χ3v) is 3.38. The lowest BCUT2D eigenvalue weighted by Crippen LogP contribution is -2.02. The Hall–Kier alpha value is -1.71. The van der Waals surface area contributed by atoms with Crippen LogP contribution in [0.25, 0.3) is 0 Å². The normalized spacial score (nSPS) is 10.2. The van der Waals surface area contributed by atoms with Gasteiger partial charge in [-0.15, -0.1) is 0 Å². The molecular formula is C15H12Cl2O3. The van der Waals surface area contributed by atoms with Crippen LogP contribution in [0, 0.1) is 0 Å². The van der Waals surface area contributed by atoms with E-state index in [9.17, 15) is 4.79 Å². The summed E-state index contributed by atoms with van der Waals surface area (Å²) in [4.78, 5) is 11.4. The molecule has 0 bridgehead atoms. The molecule has 0 spiro atoms. The summed E-state index contributed by atoms with van der Waals surface area (Å²) in [6.45, 7) is 0.335. The Morgan fingerprint density at radius 1 is 1.10 bits per heavy atom. The number of methoxy groups -OCH3 is 1. The monoisotopic (exact) mass is 310 g/mol. The van der Waals surface area contributed by atoms with E-state index < -0.39 is 5.97 Å². The molecule has 3 nitrogen and oxygen atoms in total. The third-order valence-electron chi connectivity index (χ3n) is 2.64. The number of benzene rings is 2. The minimum atomic E-state index is -0.398. The molecule has 2 aromatic rings. The van der Waals surface area contributed by atoms with Gasteiger partial charge < -0.3 is 9.47 Å². The van der Waals surface area contributed by atoms with Crippen LogP contribution in [0.5, 0.6) is 5.75 Å². The smallest absolute Gasteiger partial charge is 0.337 e. The second kappa shape index (κ2) is 6.64. The van der Waals surface area contributed by atoms with Crippen molar-refractivity contribution in [1.29, 1.82) is 0 Å². The molecule has 0 atom stereocenters. The van der Waals surface area contributed by atoms with Crippen LogP contribution in [-0.2, 0) is 11.3 Å². The maximum Gasteiger partial charge on any atom is 0.337 e. The zero-order chi connectivity index (χ0) is 14.5. The molecule has 0 heterocycles. The van der Waals surface area contributed by atoms with Crippen LogP contribution in [0.2, 0.25) is 10.0 Å². The van der Waals surface area contributed by atoms with Gasteiger partial charge >= 0.3 is 5.97 Å². The first-order valence-corrected chi connectivity index (χ1v) is 6.61. The Morgan fingerprint density at radius 2 is 1.90 bits per heavy atom. The highest BCUT2D eigenvalue weighted by molar-refractivity contribution is 6.42. The molecule has 0 radical (unpaired) electrons. The highest BCUT2D eigenvalue weighted by Crippen LogP contribution is 2.23. The van der Waals surface area contributed by atoms with E-state index in [1.165, 1.54) is 7.11 Å². The number of carbonyl (C=O) groups excluding carboxylic acids is 1. The second-order valence-electron chi connectivity index (χ2n) is 4.06. The standard InChI is InChI=1S/C15H12Cl2O3/c1-19-15(18)11-3-2-4-12(8-11)20-9-10-5-6-13(16)14(17)7-10/h2-8H,9H2,1H3. The van der Waals surface area contributed by atoms with E-state index in [0.29, 0.717) is 28.0 Å². The second-order valence-corrected chi connectivity index (χ2v) is 4.87. The van der Waals surface area contributed by atoms with Crippen molar-refractivity contribution in [3.8, 4) is 5.75 Å². The van der Waals surface area contributed by atoms with Crippen LogP contribution < -0.4 is 4.74 Å². The third kappa shape index (κ3) is 3.65. The average molecular weight is 311 g/mol. The first-order chi connectivity index (χ1) is 9.60. The molecule has 2 rings (SSSR count). The minimum Gasteiger partial charge on any atom is -0.489 e. The van der Waals surface area contributed by atoms with Gasteiger partial charge in [0, 0.05) is 0 Å². The fraction of sp³-hybridized carbons (Fsp3) is 0.133. The molecule has 104 valence electrons. The van der Waals surface area contributed by atoms with E-state index in [1.807, 2.05) is 6.07 Å². The van der Waals surface area contributed by atoms with Gasteiger partial charge in [-0.05, 0) is 35.9 Å². The summed E-state index contributed by atoms with van der Waals surface area (Å²) in [5, 5.41) is 0.985. The molecule has 0 saturated carbocycles. The van der Waals surface area contributed by atoms with Crippen LogP contribution >= 0.6 is 23.2 Å². The van der Waals surface area contributed by atoms with Gasteiger partial charge in [-0.2, -0.15) is 0 Å². The largest absolute Gasteiger partial charge is 0.489 e. The van der Waals surface area contributed by atoms with Crippen LogP contribution in [0.4, 0.5) is 0 Å². The van der Waals surface area contributed by atoms with Gasteiger partial charge in [0.15, 0.2) is 0 Å². The molecule has 0 aromatic heterocycles. The summed E-state index contributed by atoms with van der Waals surface area (Å²) < 4.78 is 10.3. The summed E-state index contributed by atoms with van der Waals surface area (Å²) in [5.74, 6) is 0.184. The highest BCUT2D eigenvalue weighted by atomic mass is 35.5. The van der Waals surface area contributed by atoms with Crippen molar-refractivity contribution < 1.29 is 14.3 Å². The zero-order valence-corrected chi connectivity index (χ0v) is 12.2. The Bertz CT molecular complexity index is 626. The predicted molar refractivity (Wildman–Crippen MR) is 78.6 cm³/mol. The first kappa shape index (κ1) is 14.7. The van der Waals surface area contributed by atoms with Crippen molar-refractivity contribution in [2.75, 3.05) is 7.11 Å².